The van der Waals surface area contributed by atoms with Gasteiger partial charge in [-0.3, -0.25) is 28.9 Å². The van der Waals surface area contributed by atoms with Crippen LogP contribution in [-0.2, 0) is 25.6 Å². The molecule has 3 saturated carbocycles. The number of carbonyl (C=O) groups is 5. The highest BCUT2D eigenvalue weighted by Crippen LogP contribution is 2.52. The van der Waals surface area contributed by atoms with Crippen LogP contribution in [0.1, 0.15) is 60.0 Å². The minimum Gasteiger partial charge on any atom is -0.506 e. The normalized spacial score (nSPS) is 31.9. The fourth-order valence-electron chi connectivity index (χ4n) is 7.59. The van der Waals surface area contributed by atoms with Crippen LogP contribution in [0.15, 0.2) is 6.07 Å². The molecule has 224 valence electrons. The van der Waals surface area contributed by atoms with Crippen LogP contribution in [-0.4, -0.2) is 94.7 Å². The number of phenolic OH excluding ortho intramolecular Hbond substituents is 1. The molecule has 0 aromatic heterocycles. The van der Waals surface area contributed by atoms with Crippen molar-refractivity contribution in [3.05, 3.63) is 22.8 Å². The number of benzene rings is 1. The van der Waals surface area contributed by atoms with Crippen molar-refractivity contribution >= 4 is 34.7 Å². The summed E-state index contributed by atoms with van der Waals surface area (Å²) in [5.41, 5.74) is 2.48. The molecule has 0 bridgehead atoms. The number of phenols is 1. The molecule has 0 radical (unpaired) electrons. The predicted molar refractivity (Wildman–Crippen MR) is 151 cm³/mol. The van der Waals surface area contributed by atoms with Crippen LogP contribution in [0.4, 0.5) is 5.69 Å². The fraction of sp³-hybridized carbons (Fsp3) is 0.581. The predicted octanol–water partition coefficient (Wildman–Crippen LogP) is -0.0203. The first-order valence-corrected chi connectivity index (χ1v) is 14.3. The number of hydrogen-bond donors (Lipinski definition) is 4. The number of anilines is 1. The number of carbonyl (C=O) groups excluding carboxylic acids is 5. The van der Waals surface area contributed by atoms with E-state index in [-0.39, 0.29) is 24.0 Å². The van der Waals surface area contributed by atoms with Crippen molar-refractivity contribution in [3.63, 3.8) is 0 Å². The minimum atomic E-state index is -2.78. The molecule has 3 fully saturated rings. The third kappa shape index (κ3) is 4.35. The van der Waals surface area contributed by atoms with Crippen molar-refractivity contribution in [1.82, 2.24) is 4.90 Å². The summed E-state index contributed by atoms with van der Waals surface area (Å²) in [6.45, 7) is 0. The molecular weight excluding hydrogens is 542 g/mol. The van der Waals surface area contributed by atoms with Gasteiger partial charge >= 0.3 is 0 Å². The van der Waals surface area contributed by atoms with Gasteiger partial charge in [0.15, 0.2) is 34.7 Å². The molecule has 11 nitrogen and oxygen atoms in total. The Hall–Kier alpha value is -3.59. The second-order valence-corrected chi connectivity index (χ2v) is 12.7. The lowest BCUT2D eigenvalue weighted by Crippen LogP contribution is -2.74. The Morgan fingerprint density at radius 2 is 1.67 bits per heavy atom. The van der Waals surface area contributed by atoms with Gasteiger partial charge in [0.2, 0.25) is 5.91 Å². The Bertz CT molecular complexity index is 1460. The molecule has 0 heterocycles. The monoisotopic (exact) mass is 579 g/mol. The van der Waals surface area contributed by atoms with E-state index >= 15 is 0 Å². The summed E-state index contributed by atoms with van der Waals surface area (Å²) in [6.07, 6.45) is 3.79. The van der Waals surface area contributed by atoms with E-state index in [1.807, 2.05) is 0 Å². The third-order valence-electron chi connectivity index (χ3n) is 9.63. The number of primary amides is 1. The largest absolute Gasteiger partial charge is 0.506 e. The van der Waals surface area contributed by atoms with E-state index in [2.05, 4.69) is 11.8 Å². The molecule has 42 heavy (non-hydrogen) atoms. The number of aliphatic hydroxyl groups is 2. The van der Waals surface area contributed by atoms with Crippen molar-refractivity contribution in [3.8, 4) is 17.6 Å². The number of amides is 1. The molecule has 1 amide bonds. The number of likely N-dealkylation sites (N-methyl/N-ethyl adjacent to an activating group) is 1. The lowest BCUT2D eigenvalue weighted by molar-refractivity contribution is -0.181. The van der Waals surface area contributed by atoms with Gasteiger partial charge < -0.3 is 26.0 Å². The van der Waals surface area contributed by atoms with Gasteiger partial charge in [-0.25, -0.2) is 0 Å². The number of nitrogens with two attached hydrogens (primary N) is 1. The van der Waals surface area contributed by atoms with Gasteiger partial charge in [0.25, 0.3) is 0 Å². The van der Waals surface area contributed by atoms with E-state index in [9.17, 15) is 39.3 Å². The first kappa shape index (κ1) is 29.9. The van der Waals surface area contributed by atoms with Gasteiger partial charge in [0.1, 0.15) is 11.4 Å². The molecule has 1 aromatic carbocycles. The van der Waals surface area contributed by atoms with Gasteiger partial charge in [-0.05, 0) is 70.2 Å². The molecule has 4 aliphatic rings. The Balaban J connectivity index is 1.63. The average Bonchev–Trinajstić information content (AvgIpc) is 2.90. The summed E-state index contributed by atoms with van der Waals surface area (Å²) in [4.78, 5) is 70.2. The fourth-order valence-corrected chi connectivity index (χ4v) is 7.59. The number of aromatic hydroxyl groups is 1. The van der Waals surface area contributed by atoms with Crippen LogP contribution in [0.2, 0.25) is 0 Å². The summed E-state index contributed by atoms with van der Waals surface area (Å²) in [5.74, 6) is -5.27. The minimum absolute atomic E-state index is 0.0217. The summed E-state index contributed by atoms with van der Waals surface area (Å²) < 4.78 is 0. The van der Waals surface area contributed by atoms with E-state index < -0.39 is 75.7 Å². The highest BCUT2D eigenvalue weighted by Gasteiger charge is 2.69. The molecule has 0 spiro atoms. The van der Waals surface area contributed by atoms with Crippen LogP contribution < -0.4 is 10.6 Å². The quantitative estimate of drug-likeness (QED) is 0.281. The van der Waals surface area contributed by atoms with Crippen LogP contribution >= 0.6 is 0 Å². The average molecular weight is 580 g/mol. The Morgan fingerprint density at radius 1 is 1.02 bits per heavy atom. The molecule has 6 atom stereocenters. The second kappa shape index (κ2) is 10.3. The summed E-state index contributed by atoms with van der Waals surface area (Å²) in [7, 11) is 6.63. The lowest BCUT2D eigenvalue weighted by atomic mass is 9.52. The molecule has 4 aliphatic carbocycles. The molecule has 11 heteroatoms. The Labute approximate surface area is 244 Å². The summed E-state index contributed by atoms with van der Waals surface area (Å²) in [5, 5.41) is 34.0. The van der Waals surface area contributed by atoms with E-state index in [0.29, 0.717) is 24.1 Å². The van der Waals surface area contributed by atoms with Gasteiger partial charge in [-0.15, -0.1) is 0 Å². The van der Waals surface area contributed by atoms with Crippen LogP contribution in [0.25, 0.3) is 0 Å². The van der Waals surface area contributed by atoms with Crippen molar-refractivity contribution in [2.45, 2.75) is 62.2 Å². The first-order valence-electron chi connectivity index (χ1n) is 14.3. The van der Waals surface area contributed by atoms with Crippen molar-refractivity contribution in [2.75, 3.05) is 33.1 Å². The highest BCUT2D eigenvalue weighted by molar-refractivity contribution is 6.32. The van der Waals surface area contributed by atoms with Gasteiger partial charge in [-0.1, -0.05) is 18.3 Å². The standard InChI is InChI=1S/C31H37N3O8/c1-33(2)19-14-15(8-11-30(41)9-6-5-7-10-30)24(35)21-17(19)12-16-13-18-23(34(3)4)26(37)22(29(32)40)28(39)31(18,42)27(38)20(16)25(21)36/h14,16,18,20,22-23,35,41-42H,5-7,9-10,12-13H2,1-4H3,(H2,32,40). The van der Waals surface area contributed by atoms with Crippen molar-refractivity contribution < 1.29 is 39.3 Å². The topological polar surface area (TPSA) is 179 Å². The summed E-state index contributed by atoms with van der Waals surface area (Å²) in [6, 6.07) is 0.493. The maximum absolute atomic E-state index is 14.1. The smallest absolute Gasteiger partial charge is 0.235 e. The van der Waals surface area contributed by atoms with Crippen LogP contribution in [0, 0.1) is 35.5 Å². The molecule has 0 aliphatic heterocycles. The zero-order valence-electron chi connectivity index (χ0n) is 24.3. The highest BCUT2D eigenvalue weighted by atomic mass is 16.3. The maximum Gasteiger partial charge on any atom is 0.235 e. The maximum atomic E-state index is 14.1. The molecule has 6 unspecified atom stereocenters. The van der Waals surface area contributed by atoms with E-state index in [1.165, 1.54) is 4.90 Å². The van der Waals surface area contributed by atoms with Gasteiger partial charge in [0.05, 0.1) is 23.1 Å². The zero-order valence-corrected chi connectivity index (χ0v) is 24.3. The number of nitrogens with zero attached hydrogens (tertiary/aromatic N) is 2. The van der Waals surface area contributed by atoms with Crippen LogP contribution in [0.3, 0.4) is 0 Å². The van der Waals surface area contributed by atoms with Gasteiger partial charge in [0, 0.05) is 25.7 Å². The molecule has 0 saturated heterocycles. The molecule has 5 N–H and O–H groups in total. The van der Waals surface area contributed by atoms with E-state index in [4.69, 9.17) is 5.73 Å². The number of rotatable bonds is 3. The number of Topliss-reactive ketones (excluding diaryl/α,β-unsaturated/α-hetero) is 4. The van der Waals surface area contributed by atoms with Crippen molar-refractivity contribution in [1.29, 1.82) is 0 Å². The third-order valence-corrected chi connectivity index (χ3v) is 9.63. The van der Waals surface area contributed by atoms with E-state index in [1.54, 1.807) is 39.2 Å². The SMILES string of the molecule is CN(C)c1cc(C#CC2(O)CCCCC2)c(O)c2c1CC1CC3C(N(C)C)C(=O)C(C(N)=O)C(=O)C3(O)C(=O)C1C2=O. The zero-order chi connectivity index (χ0) is 30.9. The Kier molecular flexibility index (Phi) is 7.33. The molecular formula is C31H37N3O8. The van der Waals surface area contributed by atoms with Gasteiger partial charge in [-0.2, -0.15) is 0 Å². The first-order chi connectivity index (χ1) is 19.6. The number of ketones is 4. The van der Waals surface area contributed by atoms with Crippen LogP contribution in [0.5, 0.6) is 5.75 Å². The second-order valence-electron chi connectivity index (χ2n) is 12.7. The summed E-state index contributed by atoms with van der Waals surface area (Å²) >= 11 is 0. The molecule has 1 aromatic rings. The molecule has 5 rings (SSSR count). The Morgan fingerprint density at radius 3 is 2.24 bits per heavy atom. The van der Waals surface area contributed by atoms with E-state index in [0.717, 1.165) is 19.3 Å². The number of fused-ring (bicyclic) bond motifs is 3. The number of hydrogen-bond acceptors (Lipinski definition) is 10. The lowest BCUT2D eigenvalue weighted by Gasteiger charge is -2.52. The van der Waals surface area contributed by atoms with Crippen molar-refractivity contribution in [2.24, 2.45) is 29.4 Å².